The molecule has 2 aromatic carbocycles. The van der Waals surface area contributed by atoms with Crippen LogP contribution < -0.4 is 19.9 Å². The third kappa shape index (κ3) is 5.23. The number of fused-ring (bicyclic) bond motifs is 1. The van der Waals surface area contributed by atoms with Gasteiger partial charge in [0.05, 0.1) is 31.4 Å². The first-order chi connectivity index (χ1) is 15.1. The molecule has 1 heterocycles. The van der Waals surface area contributed by atoms with Gasteiger partial charge in [-0.3, -0.25) is 14.2 Å². The molecule has 1 aromatic heterocycles. The highest BCUT2D eigenvalue weighted by Gasteiger charge is 2.15. The van der Waals surface area contributed by atoms with E-state index >= 15 is 0 Å². The van der Waals surface area contributed by atoms with Crippen LogP contribution >= 0.6 is 0 Å². The monoisotopic (exact) mass is 423 g/mol. The second kappa shape index (κ2) is 10.6. The van der Waals surface area contributed by atoms with Gasteiger partial charge in [-0.15, -0.1) is 0 Å². The second-order valence-electron chi connectivity index (χ2n) is 7.31. The fraction of sp³-hybridized carbons (Fsp3) is 0.375. The van der Waals surface area contributed by atoms with Crippen molar-refractivity contribution in [2.45, 2.75) is 39.2 Å². The Kier molecular flexibility index (Phi) is 7.65. The summed E-state index contributed by atoms with van der Waals surface area (Å²) >= 11 is 0. The Labute approximate surface area is 182 Å². The Morgan fingerprint density at radius 1 is 1.06 bits per heavy atom. The van der Waals surface area contributed by atoms with Gasteiger partial charge in [0.2, 0.25) is 5.91 Å². The molecule has 7 heteroatoms. The molecule has 0 aliphatic rings. The number of hydrogen-bond acceptors (Lipinski definition) is 5. The molecule has 0 aliphatic carbocycles. The molecular weight excluding hydrogens is 394 g/mol. The number of carbonyl (C=O) groups excluding carboxylic acids is 1. The van der Waals surface area contributed by atoms with Crippen molar-refractivity contribution in [3.63, 3.8) is 0 Å². The van der Waals surface area contributed by atoms with Gasteiger partial charge in [-0.2, -0.15) is 0 Å². The van der Waals surface area contributed by atoms with Crippen molar-refractivity contribution in [2.24, 2.45) is 0 Å². The number of nitrogens with zero attached hydrogens (tertiary/aromatic N) is 3. The first kappa shape index (κ1) is 22.3. The second-order valence-corrected chi connectivity index (χ2v) is 7.31. The minimum absolute atomic E-state index is 0.0628. The summed E-state index contributed by atoms with van der Waals surface area (Å²) in [5, 5.41) is 0.459. The van der Waals surface area contributed by atoms with Crippen LogP contribution in [0.2, 0.25) is 0 Å². The van der Waals surface area contributed by atoms with Crippen LogP contribution in [0.1, 0.15) is 32.6 Å². The number of hydrogen-bond donors (Lipinski definition) is 0. The molecular formula is C24H29N3O4. The van der Waals surface area contributed by atoms with E-state index in [2.05, 4.69) is 11.9 Å². The molecule has 1 amide bonds. The van der Waals surface area contributed by atoms with Gasteiger partial charge in [-0.05, 0) is 31.0 Å². The molecule has 164 valence electrons. The van der Waals surface area contributed by atoms with E-state index in [-0.39, 0.29) is 11.5 Å². The molecule has 3 aromatic rings. The van der Waals surface area contributed by atoms with Crippen molar-refractivity contribution in [1.82, 2.24) is 9.55 Å². The molecule has 0 spiro atoms. The Morgan fingerprint density at radius 3 is 2.45 bits per heavy atom. The Morgan fingerprint density at radius 2 is 1.77 bits per heavy atom. The van der Waals surface area contributed by atoms with Gasteiger partial charge in [0.25, 0.3) is 5.56 Å². The maximum Gasteiger partial charge on any atom is 0.261 e. The van der Waals surface area contributed by atoms with E-state index in [9.17, 15) is 9.59 Å². The number of ether oxygens (including phenoxy) is 2. The van der Waals surface area contributed by atoms with Crippen LogP contribution in [0.4, 0.5) is 5.69 Å². The lowest BCUT2D eigenvalue weighted by Gasteiger charge is -2.23. The van der Waals surface area contributed by atoms with Gasteiger partial charge in [-0.1, -0.05) is 31.5 Å². The number of para-hydroxylation sites is 1. The highest BCUT2D eigenvalue weighted by molar-refractivity contribution is 5.93. The molecule has 0 N–H and O–H groups in total. The quantitative estimate of drug-likeness (QED) is 0.492. The molecule has 0 saturated carbocycles. The molecule has 0 unspecified atom stereocenters. The van der Waals surface area contributed by atoms with E-state index in [0.29, 0.717) is 48.3 Å². The summed E-state index contributed by atoms with van der Waals surface area (Å²) in [6, 6.07) is 13.0. The van der Waals surface area contributed by atoms with Crippen molar-refractivity contribution in [3.8, 4) is 11.5 Å². The fourth-order valence-corrected chi connectivity index (χ4v) is 3.50. The minimum Gasteiger partial charge on any atom is -0.493 e. The maximum atomic E-state index is 12.9. The lowest BCUT2D eigenvalue weighted by atomic mass is 10.2. The SMILES string of the molecule is CCCCN(C(=O)CCCn1cnc2cc(OC)c(OC)cc2c1=O)c1ccccc1. The molecule has 0 radical (unpaired) electrons. The van der Waals surface area contributed by atoms with Crippen molar-refractivity contribution in [2.75, 3.05) is 25.7 Å². The average molecular weight is 424 g/mol. The van der Waals surface area contributed by atoms with E-state index in [1.807, 2.05) is 35.2 Å². The van der Waals surface area contributed by atoms with Crippen molar-refractivity contribution >= 4 is 22.5 Å². The van der Waals surface area contributed by atoms with E-state index in [0.717, 1.165) is 18.5 Å². The van der Waals surface area contributed by atoms with Gasteiger partial charge < -0.3 is 14.4 Å². The Bertz CT molecular complexity index is 1080. The number of aryl methyl sites for hydroxylation is 1. The standard InChI is InChI=1S/C24H29N3O4/c1-4-5-14-27(18-10-7-6-8-11-18)23(28)12-9-13-26-17-25-20-16-22(31-3)21(30-2)15-19(20)24(26)29/h6-8,10-11,15-17H,4-5,9,12-14H2,1-3H3. The highest BCUT2D eigenvalue weighted by Crippen LogP contribution is 2.29. The zero-order chi connectivity index (χ0) is 22.2. The molecule has 0 atom stereocenters. The molecule has 7 nitrogen and oxygen atoms in total. The number of rotatable bonds is 10. The molecule has 0 saturated heterocycles. The van der Waals surface area contributed by atoms with Crippen LogP contribution in [-0.2, 0) is 11.3 Å². The first-order valence-electron chi connectivity index (χ1n) is 10.6. The maximum absolute atomic E-state index is 12.9. The lowest BCUT2D eigenvalue weighted by molar-refractivity contribution is -0.118. The Balaban J connectivity index is 1.72. The smallest absolute Gasteiger partial charge is 0.261 e. The summed E-state index contributed by atoms with van der Waals surface area (Å²) in [6.45, 7) is 3.22. The number of amides is 1. The van der Waals surface area contributed by atoms with Crippen molar-refractivity contribution in [1.29, 1.82) is 0 Å². The normalized spacial score (nSPS) is 10.8. The molecule has 3 rings (SSSR count). The number of aromatic nitrogens is 2. The average Bonchev–Trinajstić information content (AvgIpc) is 2.80. The van der Waals surface area contributed by atoms with Crippen LogP contribution in [0.3, 0.4) is 0 Å². The van der Waals surface area contributed by atoms with Gasteiger partial charge in [0.1, 0.15) is 0 Å². The third-order valence-electron chi connectivity index (χ3n) is 5.22. The number of unbranched alkanes of at least 4 members (excludes halogenated alkanes) is 1. The summed E-state index contributed by atoms with van der Waals surface area (Å²) in [6.07, 6.45) is 4.39. The van der Waals surface area contributed by atoms with E-state index in [4.69, 9.17) is 9.47 Å². The van der Waals surface area contributed by atoms with Gasteiger partial charge in [0.15, 0.2) is 11.5 Å². The first-order valence-corrected chi connectivity index (χ1v) is 10.6. The molecule has 0 aliphatic heterocycles. The lowest BCUT2D eigenvalue weighted by Crippen LogP contribution is -2.32. The zero-order valence-corrected chi connectivity index (χ0v) is 18.3. The summed E-state index contributed by atoms with van der Waals surface area (Å²) in [7, 11) is 3.07. The molecule has 0 fully saturated rings. The Hall–Kier alpha value is -3.35. The fourth-order valence-electron chi connectivity index (χ4n) is 3.50. The number of benzene rings is 2. The summed E-state index contributed by atoms with van der Waals surface area (Å²) in [5.74, 6) is 1.07. The van der Waals surface area contributed by atoms with E-state index < -0.39 is 0 Å². The molecule has 31 heavy (non-hydrogen) atoms. The van der Waals surface area contributed by atoms with E-state index in [1.54, 1.807) is 23.8 Å². The summed E-state index contributed by atoms with van der Waals surface area (Å²) in [4.78, 5) is 32.0. The van der Waals surface area contributed by atoms with Crippen molar-refractivity contribution in [3.05, 3.63) is 59.1 Å². The third-order valence-corrected chi connectivity index (χ3v) is 5.22. The highest BCUT2D eigenvalue weighted by atomic mass is 16.5. The van der Waals surface area contributed by atoms with Gasteiger partial charge in [0, 0.05) is 31.3 Å². The van der Waals surface area contributed by atoms with Crippen LogP contribution in [0.25, 0.3) is 10.9 Å². The van der Waals surface area contributed by atoms with Crippen LogP contribution in [0.15, 0.2) is 53.6 Å². The number of carbonyl (C=O) groups is 1. The summed E-state index contributed by atoms with van der Waals surface area (Å²) < 4.78 is 12.1. The van der Waals surface area contributed by atoms with Crippen molar-refractivity contribution < 1.29 is 14.3 Å². The van der Waals surface area contributed by atoms with Crippen LogP contribution in [-0.4, -0.2) is 36.2 Å². The van der Waals surface area contributed by atoms with Gasteiger partial charge >= 0.3 is 0 Å². The van der Waals surface area contributed by atoms with Crippen LogP contribution in [0.5, 0.6) is 11.5 Å². The predicted octanol–water partition coefficient (Wildman–Crippen LogP) is 4.03. The summed E-state index contributed by atoms with van der Waals surface area (Å²) in [5.41, 5.74) is 1.29. The predicted molar refractivity (Wildman–Crippen MR) is 122 cm³/mol. The number of anilines is 1. The number of methoxy groups -OCH3 is 2. The largest absolute Gasteiger partial charge is 0.493 e. The van der Waals surface area contributed by atoms with E-state index in [1.165, 1.54) is 13.4 Å². The van der Waals surface area contributed by atoms with Crippen LogP contribution in [0, 0.1) is 0 Å². The minimum atomic E-state index is -0.163. The van der Waals surface area contributed by atoms with Gasteiger partial charge in [-0.25, -0.2) is 4.98 Å². The topological polar surface area (TPSA) is 73.7 Å². The zero-order valence-electron chi connectivity index (χ0n) is 18.3. The molecule has 0 bridgehead atoms.